The minimum atomic E-state index is -4.30. The van der Waals surface area contributed by atoms with Gasteiger partial charge in [0.2, 0.25) is 0 Å². The molecule has 0 bridgehead atoms. The summed E-state index contributed by atoms with van der Waals surface area (Å²) in [6, 6.07) is 31.1. The SMILES string of the molecule is C[Si]C.Cc1ccc2[cH-]c(C(F)(F)F)cc2c1-c1ccccc1.Cc1ccc2[cH-]c(C(F)(F)F)cc2c1-c1ccccc1.[Cl][Zr+2][Cl]. The number of hydrogen-bond acceptors (Lipinski definition) is 0. The van der Waals surface area contributed by atoms with Crippen molar-refractivity contribution in [1.82, 2.24) is 0 Å². The van der Waals surface area contributed by atoms with Gasteiger partial charge in [-0.05, 0) is 36.1 Å². The molecular weight excluding hydrogens is 737 g/mol. The van der Waals surface area contributed by atoms with Gasteiger partial charge in [0.25, 0.3) is 0 Å². The maximum absolute atomic E-state index is 12.9. The van der Waals surface area contributed by atoms with E-state index in [1.807, 2.05) is 86.6 Å². The van der Waals surface area contributed by atoms with Crippen molar-refractivity contribution >= 4 is 48.1 Å². The zero-order valence-corrected chi connectivity index (χ0v) is 30.4. The van der Waals surface area contributed by atoms with E-state index in [9.17, 15) is 26.3 Å². The van der Waals surface area contributed by atoms with Crippen LogP contribution in [-0.4, -0.2) is 9.52 Å². The molecule has 0 saturated carbocycles. The molecule has 46 heavy (non-hydrogen) atoms. The first kappa shape index (κ1) is 37.8. The first-order chi connectivity index (χ1) is 21.8. The van der Waals surface area contributed by atoms with Gasteiger partial charge in [0.15, 0.2) is 0 Å². The molecule has 6 aromatic carbocycles. The van der Waals surface area contributed by atoms with Gasteiger partial charge in [-0.1, -0.05) is 96.0 Å². The van der Waals surface area contributed by atoms with E-state index in [-0.39, 0.29) is 0 Å². The summed E-state index contributed by atoms with van der Waals surface area (Å²) in [5, 5.41) is 2.57. The second-order valence-corrected chi connectivity index (χ2v) is 15.0. The van der Waals surface area contributed by atoms with E-state index in [2.05, 4.69) is 13.1 Å². The quantitative estimate of drug-likeness (QED) is 0.0935. The van der Waals surface area contributed by atoms with E-state index < -0.39 is 44.3 Å². The molecule has 6 rings (SSSR count). The predicted octanol–water partition coefficient (Wildman–Crippen LogP) is 13.3. The third-order valence-corrected chi connectivity index (χ3v) is 6.98. The van der Waals surface area contributed by atoms with Crippen molar-refractivity contribution in [2.45, 2.75) is 39.3 Å². The molecule has 0 saturated heterocycles. The molecular formula is C36H30Cl2F6SiZr. The Labute approximate surface area is 286 Å². The Hall–Kier alpha value is -2.64. The molecule has 0 aliphatic rings. The van der Waals surface area contributed by atoms with Crippen molar-refractivity contribution in [3.63, 3.8) is 0 Å². The minimum absolute atomic E-state index is 0.588. The van der Waals surface area contributed by atoms with Crippen LogP contribution in [0.5, 0.6) is 0 Å². The fourth-order valence-electron chi connectivity index (χ4n) is 5.08. The van der Waals surface area contributed by atoms with Crippen molar-refractivity contribution in [2.24, 2.45) is 0 Å². The summed E-state index contributed by atoms with van der Waals surface area (Å²) < 4.78 is 77.2. The number of hydrogen-bond donors (Lipinski definition) is 0. The van der Waals surface area contributed by atoms with Gasteiger partial charge in [0.05, 0.1) is 0 Å². The molecule has 6 aromatic rings. The zero-order valence-electron chi connectivity index (χ0n) is 25.4. The van der Waals surface area contributed by atoms with E-state index in [4.69, 9.17) is 17.0 Å². The molecule has 0 N–H and O–H groups in total. The third-order valence-electron chi connectivity index (χ3n) is 6.98. The van der Waals surface area contributed by atoms with Gasteiger partial charge >= 0.3 is 50.2 Å². The number of aryl methyl sites for hydroxylation is 2. The topological polar surface area (TPSA) is 0 Å². The Morgan fingerprint density at radius 3 is 1.15 bits per heavy atom. The summed E-state index contributed by atoms with van der Waals surface area (Å²) in [5.41, 5.74) is 4.40. The monoisotopic (exact) mass is 764 g/mol. The Bertz CT molecular complexity index is 1690. The maximum atomic E-state index is 12.9. The molecule has 0 atom stereocenters. The van der Waals surface area contributed by atoms with Crippen LogP contribution in [0.15, 0.2) is 109 Å². The molecule has 2 radical (unpaired) electrons. The van der Waals surface area contributed by atoms with Crippen molar-refractivity contribution in [3.05, 3.63) is 131 Å². The molecule has 0 heterocycles. The summed E-state index contributed by atoms with van der Waals surface area (Å²) in [7, 11) is 11.0. The van der Waals surface area contributed by atoms with Crippen molar-refractivity contribution < 1.29 is 47.2 Å². The summed E-state index contributed by atoms with van der Waals surface area (Å²) in [6.45, 7) is 8.14. The molecule has 0 spiro atoms. The zero-order chi connectivity index (χ0) is 34.1. The van der Waals surface area contributed by atoms with Crippen LogP contribution in [0.25, 0.3) is 43.8 Å². The standard InChI is InChI=1S/2C17H12F3.C2H6Si.2ClH.Zr/c2*1-11-7-8-13-9-14(17(18,19)20)10-15(13)16(11)12-5-3-2-4-6-12;1-3-2;;;/h2*2-10H,1H3;1-2H3;2*1H;/q2*-1;;;;+4/p-2. The van der Waals surface area contributed by atoms with Crippen molar-refractivity contribution in [2.75, 3.05) is 0 Å². The van der Waals surface area contributed by atoms with Crippen molar-refractivity contribution in [3.8, 4) is 22.3 Å². The average molecular weight is 767 g/mol. The molecule has 0 unspecified atom stereocenters. The van der Waals surface area contributed by atoms with Crippen LogP contribution >= 0.6 is 17.0 Å². The van der Waals surface area contributed by atoms with Gasteiger partial charge in [0.1, 0.15) is 0 Å². The molecule has 0 fully saturated rings. The molecule has 0 nitrogen and oxygen atoms in total. The van der Waals surface area contributed by atoms with Gasteiger partial charge in [-0.2, -0.15) is 38.5 Å². The fourth-order valence-corrected chi connectivity index (χ4v) is 5.08. The summed E-state index contributed by atoms with van der Waals surface area (Å²) in [6.07, 6.45) is -8.61. The van der Waals surface area contributed by atoms with Gasteiger partial charge < -0.3 is 0 Å². The number of fused-ring (bicyclic) bond motifs is 2. The van der Waals surface area contributed by atoms with Crippen molar-refractivity contribution in [1.29, 1.82) is 0 Å². The Morgan fingerprint density at radius 1 is 0.565 bits per heavy atom. The van der Waals surface area contributed by atoms with Gasteiger partial charge in [-0.3, -0.25) is 0 Å². The van der Waals surface area contributed by atoms with Crippen LogP contribution in [0.2, 0.25) is 13.1 Å². The van der Waals surface area contributed by atoms with E-state index in [1.165, 1.54) is 24.3 Å². The number of rotatable bonds is 2. The first-order valence-corrected chi connectivity index (χ1v) is 22.3. The second kappa shape index (κ2) is 17.0. The predicted molar refractivity (Wildman–Crippen MR) is 179 cm³/mol. The second-order valence-electron chi connectivity index (χ2n) is 10.3. The van der Waals surface area contributed by atoms with Crippen LogP contribution < -0.4 is 0 Å². The molecule has 0 amide bonds. The number of alkyl halides is 6. The van der Waals surface area contributed by atoms with Gasteiger partial charge in [-0.25, -0.2) is 0 Å². The summed E-state index contributed by atoms with van der Waals surface area (Å²) in [5.74, 6) is 0. The van der Waals surface area contributed by atoms with E-state index in [0.29, 0.717) is 21.5 Å². The van der Waals surface area contributed by atoms with Crippen LogP contribution in [0.1, 0.15) is 22.3 Å². The Kier molecular flexibility index (Phi) is 13.9. The fraction of sp³-hybridized carbons (Fsp3) is 0.167. The number of benzene rings is 4. The normalized spacial score (nSPS) is 11.0. The van der Waals surface area contributed by atoms with E-state index >= 15 is 0 Å². The third kappa shape index (κ3) is 9.70. The molecule has 10 heteroatoms. The van der Waals surface area contributed by atoms with E-state index in [1.54, 1.807) is 12.1 Å². The Balaban J connectivity index is 0.000000214. The molecule has 0 aromatic heterocycles. The molecule has 0 aliphatic carbocycles. The summed E-state index contributed by atoms with van der Waals surface area (Å²) >= 11 is -0.826. The van der Waals surface area contributed by atoms with Gasteiger partial charge in [0, 0.05) is 9.52 Å². The van der Waals surface area contributed by atoms with E-state index in [0.717, 1.165) is 42.9 Å². The molecule has 0 aliphatic heterocycles. The van der Waals surface area contributed by atoms with Crippen LogP contribution in [0.4, 0.5) is 26.3 Å². The number of halogens is 8. The Morgan fingerprint density at radius 2 is 0.870 bits per heavy atom. The first-order valence-electron chi connectivity index (χ1n) is 14.0. The average Bonchev–Trinajstić information content (AvgIpc) is 3.65. The molecule has 238 valence electrons. The van der Waals surface area contributed by atoms with Gasteiger partial charge in [-0.15, -0.1) is 57.9 Å². The van der Waals surface area contributed by atoms with Crippen LogP contribution in [0, 0.1) is 13.8 Å². The van der Waals surface area contributed by atoms with Crippen LogP contribution in [0.3, 0.4) is 0 Å². The van der Waals surface area contributed by atoms with Crippen LogP contribution in [-0.2, 0) is 33.2 Å². The summed E-state index contributed by atoms with van der Waals surface area (Å²) in [4.78, 5) is 0.